The summed E-state index contributed by atoms with van der Waals surface area (Å²) in [5, 5.41) is 2.26. The van der Waals surface area contributed by atoms with Crippen LogP contribution in [0.3, 0.4) is 0 Å². The van der Waals surface area contributed by atoms with Gasteiger partial charge in [-0.05, 0) is 80.4 Å². The molecule has 0 atom stereocenters. The monoisotopic (exact) mass is 719 g/mol. The summed E-state index contributed by atoms with van der Waals surface area (Å²) in [6, 6.07) is 64.5. The number of para-hydroxylation sites is 3. The first-order chi connectivity index (χ1) is 27.3. The third-order valence-corrected chi connectivity index (χ3v) is 12.7. The van der Waals surface area contributed by atoms with Gasteiger partial charge in [0.2, 0.25) is 0 Å². The lowest BCUT2D eigenvalue weighted by atomic mass is 9.79. The second-order valence-electron chi connectivity index (χ2n) is 16.5. The van der Waals surface area contributed by atoms with E-state index in [2.05, 4.69) is 202 Å². The van der Waals surface area contributed by atoms with Crippen molar-refractivity contribution in [2.24, 2.45) is 0 Å². The number of fused-ring (bicyclic) bond motifs is 9. The molecule has 2 heteroatoms. The lowest BCUT2D eigenvalue weighted by molar-refractivity contribution is 0.660. The molecule has 1 heterocycles. The van der Waals surface area contributed by atoms with Gasteiger partial charge in [0, 0.05) is 44.0 Å². The summed E-state index contributed by atoms with van der Waals surface area (Å²) in [7, 11) is 0. The van der Waals surface area contributed by atoms with Gasteiger partial charge in [-0.15, -0.1) is 0 Å². The van der Waals surface area contributed by atoms with Crippen molar-refractivity contribution >= 4 is 39.0 Å². The number of hydrogen-bond acceptors (Lipinski definition) is 2. The van der Waals surface area contributed by atoms with E-state index >= 15 is 0 Å². The second kappa shape index (κ2) is 11.9. The summed E-state index contributed by atoms with van der Waals surface area (Å²) >= 11 is 0. The van der Waals surface area contributed by atoms with E-state index in [1.165, 1.54) is 55.6 Å². The van der Waals surface area contributed by atoms with E-state index in [4.69, 9.17) is 4.42 Å². The highest BCUT2D eigenvalue weighted by molar-refractivity contribution is 6.11. The standard InChI is InChI=1S/C54H41NO/c1-53(2)45-28-10-6-22-43(45)50-46(53)29-16-31-48(50)55(47-30-11-7-20-38(47)41-25-15-26-42-39-21-8-12-32-49(39)56-52(41)42)35-18-13-17-34(33-35)36-23-14-24-40-37-19-5-9-27-44(37)54(3,4)51(36)40/h5-33H,1-4H3. The first-order valence-electron chi connectivity index (χ1n) is 19.7. The van der Waals surface area contributed by atoms with Gasteiger partial charge in [-0.1, -0.05) is 173 Å². The Balaban J connectivity index is 1.18. The molecule has 0 spiro atoms. The lowest BCUT2D eigenvalue weighted by Gasteiger charge is -2.31. The van der Waals surface area contributed by atoms with E-state index in [9.17, 15) is 0 Å². The molecule has 11 rings (SSSR count). The van der Waals surface area contributed by atoms with Crippen LogP contribution in [0.1, 0.15) is 49.9 Å². The predicted molar refractivity (Wildman–Crippen MR) is 234 cm³/mol. The van der Waals surface area contributed by atoms with Crippen LogP contribution in [0.15, 0.2) is 180 Å². The van der Waals surface area contributed by atoms with E-state index in [1.807, 2.05) is 6.07 Å². The maximum atomic E-state index is 6.68. The Hall–Kier alpha value is -6.64. The van der Waals surface area contributed by atoms with Crippen molar-refractivity contribution in [3.8, 4) is 44.5 Å². The third-order valence-electron chi connectivity index (χ3n) is 12.7. The molecule has 0 saturated heterocycles. The summed E-state index contributed by atoms with van der Waals surface area (Å²) in [5.41, 5.74) is 20.3. The van der Waals surface area contributed by atoms with Crippen LogP contribution in [0, 0.1) is 0 Å². The van der Waals surface area contributed by atoms with Crippen LogP contribution >= 0.6 is 0 Å². The second-order valence-corrected chi connectivity index (χ2v) is 16.5. The quantitative estimate of drug-likeness (QED) is 0.176. The van der Waals surface area contributed by atoms with Crippen LogP contribution in [0.25, 0.3) is 66.4 Å². The lowest BCUT2D eigenvalue weighted by Crippen LogP contribution is -2.17. The molecule has 8 aromatic carbocycles. The molecule has 268 valence electrons. The number of benzene rings is 8. The Labute approximate surface area is 328 Å². The van der Waals surface area contributed by atoms with Crippen LogP contribution in [-0.2, 0) is 10.8 Å². The van der Waals surface area contributed by atoms with Crippen molar-refractivity contribution in [2.75, 3.05) is 4.90 Å². The highest BCUT2D eigenvalue weighted by Gasteiger charge is 2.39. The van der Waals surface area contributed by atoms with Crippen molar-refractivity contribution in [3.63, 3.8) is 0 Å². The zero-order valence-electron chi connectivity index (χ0n) is 32.1. The maximum Gasteiger partial charge on any atom is 0.143 e. The van der Waals surface area contributed by atoms with E-state index in [1.54, 1.807) is 0 Å². The third kappa shape index (κ3) is 4.56. The molecule has 0 fully saturated rings. The first-order valence-corrected chi connectivity index (χ1v) is 19.7. The fraction of sp³-hybridized carbons (Fsp3) is 0.111. The molecule has 1 aromatic heterocycles. The summed E-state index contributed by atoms with van der Waals surface area (Å²) in [4.78, 5) is 2.50. The average Bonchev–Trinajstić information content (AvgIpc) is 3.82. The Morgan fingerprint density at radius 3 is 1.84 bits per heavy atom. The summed E-state index contributed by atoms with van der Waals surface area (Å²) in [5.74, 6) is 0. The molecule has 0 amide bonds. The number of rotatable bonds is 5. The molecule has 56 heavy (non-hydrogen) atoms. The SMILES string of the molecule is CC1(C)c2ccccc2-c2c(N(c3cccc(-c4cccc5c4C(C)(C)c4ccccc4-5)c3)c3ccccc3-c3cccc4c3oc3ccccc34)cccc21. The molecule has 2 aliphatic rings. The van der Waals surface area contributed by atoms with Crippen molar-refractivity contribution < 1.29 is 4.42 Å². The topological polar surface area (TPSA) is 16.4 Å². The fourth-order valence-electron chi connectivity index (χ4n) is 10.1. The number of anilines is 3. The minimum atomic E-state index is -0.139. The molecular weight excluding hydrogens is 679 g/mol. The average molecular weight is 720 g/mol. The normalized spacial score (nSPS) is 14.4. The summed E-state index contributed by atoms with van der Waals surface area (Å²) < 4.78 is 6.68. The smallest absolute Gasteiger partial charge is 0.143 e. The van der Waals surface area contributed by atoms with E-state index in [-0.39, 0.29) is 10.8 Å². The van der Waals surface area contributed by atoms with Crippen LogP contribution in [-0.4, -0.2) is 0 Å². The highest BCUT2D eigenvalue weighted by Crippen LogP contribution is 2.56. The van der Waals surface area contributed by atoms with Gasteiger partial charge in [0.25, 0.3) is 0 Å². The minimum absolute atomic E-state index is 0.133. The molecule has 0 aliphatic heterocycles. The molecule has 0 saturated carbocycles. The van der Waals surface area contributed by atoms with E-state index in [0.717, 1.165) is 50.1 Å². The van der Waals surface area contributed by atoms with Gasteiger partial charge >= 0.3 is 0 Å². The maximum absolute atomic E-state index is 6.68. The number of nitrogens with zero attached hydrogens (tertiary/aromatic N) is 1. The largest absolute Gasteiger partial charge is 0.455 e. The van der Waals surface area contributed by atoms with Crippen molar-refractivity contribution in [1.29, 1.82) is 0 Å². The van der Waals surface area contributed by atoms with Gasteiger partial charge in [-0.3, -0.25) is 0 Å². The first kappa shape index (κ1) is 32.8. The fourth-order valence-corrected chi connectivity index (χ4v) is 10.1. The minimum Gasteiger partial charge on any atom is -0.455 e. The highest BCUT2D eigenvalue weighted by atomic mass is 16.3. The molecule has 0 unspecified atom stereocenters. The number of hydrogen-bond donors (Lipinski definition) is 0. The zero-order chi connectivity index (χ0) is 37.8. The van der Waals surface area contributed by atoms with Crippen LogP contribution in [0.2, 0.25) is 0 Å². The van der Waals surface area contributed by atoms with Gasteiger partial charge in [0.1, 0.15) is 11.2 Å². The van der Waals surface area contributed by atoms with Crippen molar-refractivity contribution in [1.82, 2.24) is 0 Å². The van der Waals surface area contributed by atoms with Gasteiger partial charge in [0.05, 0.1) is 11.4 Å². The van der Waals surface area contributed by atoms with Crippen molar-refractivity contribution in [2.45, 2.75) is 38.5 Å². The van der Waals surface area contributed by atoms with Gasteiger partial charge < -0.3 is 9.32 Å². The Bertz CT molecular complexity index is 3050. The van der Waals surface area contributed by atoms with E-state index < -0.39 is 0 Å². The molecule has 0 radical (unpaired) electrons. The van der Waals surface area contributed by atoms with Crippen LogP contribution < -0.4 is 4.90 Å². The van der Waals surface area contributed by atoms with Crippen LogP contribution in [0.5, 0.6) is 0 Å². The molecule has 9 aromatic rings. The molecule has 2 aliphatic carbocycles. The Kier molecular flexibility index (Phi) is 6.98. The molecule has 2 nitrogen and oxygen atoms in total. The molecule has 0 N–H and O–H groups in total. The zero-order valence-corrected chi connectivity index (χ0v) is 32.1. The van der Waals surface area contributed by atoms with Gasteiger partial charge in [-0.25, -0.2) is 0 Å². The summed E-state index contributed by atoms with van der Waals surface area (Å²) in [6.07, 6.45) is 0. The van der Waals surface area contributed by atoms with Gasteiger partial charge in [0.15, 0.2) is 0 Å². The number of furan rings is 1. The molecular formula is C54H41NO. The van der Waals surface area contributed by atoms with Crippen molar-refractivity contribution in [3.05, 3.63) is 198 Å². The predicted octanol–water partition coefficient (Wildman–Crippen LogP) is 15.0. The Morgan fingerprint density at radius 1 is 0.411 bits per heavy atom. The Morgan fingerprint density at radius 2 is 0.982 bits per heavy atom. The van der Waals surface area contributed by atoms with Crippen LogP contribution in [0.4, 0.5) is 17.1 Å². The summed E-state index contributed by atoms with van der Waals surface area (Å²) in [6.45, 7) is 9.47. The molecule has 0 bridgehead atoms. The van der Waals surface area contributed by atoms with E-state index in [0.29, 0.717) is 0 Å². The van der Waals surface area contributed by atoms with Gasteiger partial charge in [-0.2, -0.15) is 0 Å².